The Morgan fingerprint density at radius 1 is 1.07 bits per heavy atom. The van der Waals surface area contributed by atoms with Crippen LogP contribution in [0.15, 0.2) is 66.9 Å². The zero-order chi connectivity index (χ0) is 19.2. The third kappa shape index (κ3) is 4.50. The number of rotatable bonds is 6. The second-order valence-electron chi connectivity index (χ2n) is 6.43. The van der Waals surface area contributed by atoms with E-state index in [9.17, 15) is 9.59 Å². The predicted octanol–water partition coefficient (Wildman–Crippen LogP) is 2.92. The van der Waals surface area contributed by atoms with Crippen LogP contribution in [0, 0.1) is 0 Å². The Hall–Kier alpha value is -3.21. The molecule has 0 aliphatic heterocycles. The molecule has 0 saturated carbocycles. The maximum atomic E-state index is 12.7. The Morgan fingerprint density at radius 3 is 2.52 bits per heavy atom. The second-order valence-corrected chi connectivity index (χ2v) is 6.43. The fourth-order valence-corrected chi connectivity index (χ4v) is 2.94. The summed E-state index contributed by atoms with van der Waals surface area (Å²) >= 11 is 0. The van der Waals surface area contributed by atoms with Crippen LogP contribution in [0.5, 0.6) is 0 Å². The molecule has 3 rings (SSSR count). The van der Waals surface area contributed by atoms with Crippen molar-refractivity contribution in [3.63, 3.8) is 0 Å². The molecule has 1 amide bonds. The van der Waals surface area contributed by atoms with Crippen LogP contribution < -0.4 is 9.88 Å². The standard InChI is InChI=1S/C22H22N2O3/c1-3-19(22(26)27-15-16-9-5-4-6-10-16)23-21(25)18-13-17-11-7-8-12-20(17)24(2)14-18/h4-14,19H,3,15H2,1-2H3/p+1. The molecule has 1 unspecified atom stereocenters. The summed E-state index contributed by atoms with van der Waals surface area (Å²) in [6, 6.07) is 18.4. The molecule has 1 heterocycles. The van der Waals surface area contributed by atoms with Crippen molar-refractivity contribution < 1.29 is 18.9 Å². The van der Waals surface area contributed by atoms with Crippen molar-refractivity contribution in [2.45, 2.75) is 26.0 Å². The summed E-state index contributed by atoms with van der Waals surface area (Å²) in [5.41, 5.74) is 2.45. The van der Waals surface area contributed by atoms with Gasteiger partial charge in [0, 0.05) is 11.5 Å². The van der Waals surface area contributed by atoms with E-state index in [1.807, 2.05) is 79.2 Å². The number of aryl methyl sites for hydroxylation is 1. The van der Waals surface area contributed by atoms with E-state index in [0.717, 1.165) is 16.5 Å². The van der Waals surface area contributed by atoms with Gasteiger partial charge >= 0.3 is 5.97 Å². The number of benzene rings is 2. The number of aromatic nitrogens is 1. The average Bonchev–Trinajstić information content (AvgIpc) is 2.70. The zero-order valence-electron chi connectivity index (χ0n) is 15.5. The number of carbonyl (C=O) groups is 2. The summed E-state index contributed by atoms with van der Waals surface area (Å²) < 4.78 is 7.25. The Kier molecular flexibility index (Phi) is 5.81. The number of amides is 1. The van der Waals surface area contributed by atoms with Crippen molar-refractivity contribution in [2.24, 2.45) is 7.05 Å². The maximum Gasteiger partial charge on any atom is 0.328 e. The van der Waals surface area contributed by atoms with Gasteiger partial charge in [-0.15, -0.1) is 0 Å². The highest BCUT2D eigenvalue weighted by atomic mass is 16.5. The molecule has 1 N–H and O–H groups in total. The summed E-state index contributed by atoms with van der Waals surface area (Å²) in [7, 11) is 1.89. The summed E-state index contributed by atoms with van der Waals surface area (Å²) in [6.07, 6.45) is 2.22. The molecule has 0 fully saturated rings. The van der Waals surface area contributed by atoms with Gasteiger partial charge in [-0.3, -0.25) is 4.79 Å². The van der Waals surface area contributed by atoms with E-state index in [0.29, 0.717) is 12.0 Å². The Balaban J connectivity index is 1.68. The summed E-state index contributed by atoms with van der Waals surface area (Å²) in [6.45, 7) is 2.03. The van der Waals surface area contributed by atoms with Crippen LogP contribution in [0.25, 0.3) is 10.9 Å². The van der Waals surface area contributed by atoms with Crippen molar-refractivity contribution in [1.82, 2.24) is 5.32 Å². The first-order chi connectivity index (χ1) is 13.1. The van der Waals surface area contributed by atoms with Gasteiger partial charge in [0.25, 0.3) is 5.91 Å². The largest absolute Gasteiger partial charge is 0.459 e. The molecule has 1 atom stereocenters. The lowest BCUT2D eigenvalue weighted by Crippen LogP contribution is -2.42. The molecule has 5 heteroatoms. The number of esters is 1. The quantitative estimate of drug-likeness (QED) is 0.541. The van der Waals surface area contributed by atoms with Crippen molar-refractivity contribution >= 4 is 22.8 Å². The highest BCUT2D eigenvalue weighted by Gasteiger charge is 2.23. The number of para-hydroxylation sites is 1. The highest BCUT2D eigenvalue weighted by Crippen LogP contribution is 2.12. The Bertz CT molecular complexity index is 954. The van der Waals surface area contributed by atoms with E-state index >= 15 is 0 Å². The van der Waals surface area contributed by atoms with Gasteiger partial charge in [-0.1, -0.05) is 49.4 Å². The smallest absolute Gasteiger partial charge is 0.328 e. The summed E-state index contributed by atoms with van der Waals surface area (Å²) in [4.78, 5) is 25.0. The maximum absolute atomic E-state index is 12.7. The van der Waals surface area contributed by atoms with Gasteiger partial charge in [0.1, 0.15) is 25.3 Å². The van der Waals surface area contributed by atoms with E-state index in [2.05, 4.69) is 5.32 Å². The van der Waals surface area contributed by atoms with Crippen LogP contribution in [0.1, 0.15) is 29.3 Å². The van der Waals surface area contributed by atoms with Gasteiger partial charge in [0.15, 0.2) is 6.20 Å². The highest BCUT2D eigenvalue weighted by molar-refractivity contribution is 5.98. The molecule has 0 radical (unpaired) electrons. The molecule has 3 aromatic rings. The molecule has 2 aromatic carbocycles. The number of hydrogen-bond donors (Lipinski definition) is 1. The lowest BCUT2D eigenvalue weighted by atomic mass is 10.1. The molecular formula is C22H23N2O3+. The first kappa shape index (κ1) is 18.6. The van der Waals surface area contributed by atoms with Gasteiger partial charge in [-0.05, 0) is 24.1 Å². The van der Waals surface area contributed by atoms with Crippen molar-refractivity contribution in [3.8, 4) is 0 Å². The third-order valence-corrected chi connectivity index (χ3v) is 4.44. The van der Waals surface area contributed by atoms with Gasteiger partial charge in [0.05, 0.1) is 0 Å². The van der Waals surface area contributed by atoms with E-state index in [4.69, 9.17) is 4.74 Å². The van der Waals surface area contributed by atoms with Crippen LogP contribution in [0.3, 0.4) is 0 Å². The predicted molar refractivity (Wildman–Crippen MR) is 103 cm³/mol. The van der Waals surface area contributed by atoms with Gasteiger partial charge < -0.3 is 10.1 Å². The Morgan fingerprint density at radius 2 is 1.78 bits per heavy atom. The molecule has 0 aliphatic carbocycles. The van der Waals surface area contributed by atoms with Crippen LogP contribution in [-0.4, -0.2) is 17.9 Å². The van der Waals surface area contributed by atoms with Crippen molar-refractivity contribution in [3.05, 3.63) is 78.0 Å². The zero-order valence-corrected chi connectivity index (χ0v) is 15.5. The summed E-state index contributed by atoms with van der Waals surface area (Å²) in [5, 5.41) is 3.75. The van der Waals surface area contributed by atoms with Crippen LogP contribution in [0.2, 0.25) is 0 Å². The first-order valence-corrected chi connectivity index (χ1v) is 8.98. The third-order valence-electron chi connectivity index (χ3n) is 4.44. The van der Waals surface area contributed by atoms with Crippen molar-refractivity contribution in [2.75, 3.05) is 0 Å². The number of ether oxygens (including phenoxy) is 1. The molecule has 27 heavy (non-hydrogen) atoms. The first-order valence-electron chi connectivity index (χ1n) is 8.98. The summed E-state index contributed by atoms with van der Waals surface area (Å²) in [5.74, 6) is -0.722. The normalized spacial score (nSPS) is 11.8. The second kappa shape index (κ2) is 8.45. The van der Waals surface area contributed by atoms with Crippen LogP contribution in [-0.2, 0) is 23.2 Å². The molecule has 0 bridgehead atoms. The number of nitrogens with one attached hydrogen (secondary N) is 1. The molecule has 5 nitrogen and oxygen atoms in total. The lowest BCUT2D eigenvalue weighted by molar-refractivity contribution is -0.645. The van der Waals surface area contributed by atoms with Gasteiger partial charge in [-0.2, -0.15) is 0 Å². The molecular weight excluding hydrogens is 340 g/mol. The lowest BCUT2D eigenvalue weighted by Gasteiger charge is -2.16. The number of carbonyl (C=O) groups excluding carboxylic acids is 2. The van der Waals surface area contributed by atoms with E-state index < -0.39 is 12.0 Å². The van der Waals surface area contributed by atoms with E-state index in [1.54, 1.807) is 6.20 Å². The van der Waals surface area contributed by atoms with E-state index in [1.165, 1.54) is 0 Å². The van der Waals surface area contributed by atoms with E-state index in [-0.39, 0.29) is 12.5 Å². The van der Waals surface area contributed by atoms with Crippen LogP contribution in [0.4, 0.5) is 0 Å². The topological polar surface area (TPSA) is 59.3 Å². The number of fused-ring (bicyclic) bond motifs is 1. The SMILES string of the molecule is CCC(NC(=O)c1cc2ccccc2[n+](C)c1)C(=O)OCc1ccccc1. The fourth-order valence-electron chi connectivity index (χ4n) is 2.94. The number of hydrogen-bond acceptors (Lipinski definition) is 3. The molecule has 0 saturated heterocycles. The minimum atomic E-state index is -0.682. The average molecular weight is 363 g/mol. The van der Waals surface area contributed by atoms with Crippen molar-refractivity contribution in [1.29, 1.82) is 0 Å². The van der Waals surface area contributed by atoms with Gasteiger partial charge in [0.2, 0.25) is 5.52 Å². The molecule has 0 spiro atoms. The minimum Gasteiger partial charge on any atom is -0.459 e. The minimum absolute atomic E-state index is 0.191. The Labute approximate surface area is 158 Å². The van der Waals surface area contributed by atoms with Gasteiger partial charge in [-0.25, -0.2) is 9.36 Å². The number of nitrogens with zero attached hydrogens (tertiary/aromatic N) is 1. The number of pyridine rings is 1. The molecule has 138 valence electrons. The molecule has 0 aliphatic rings. The fraction of sp³-hybridized carbons (Fsp3) is 0.227. The molecule has 1 aromatic heterocycles. The van der Waals surface area contributed by atoms with Crippen LogP contribution >= 0.6 is 0 Å². The monoisotopic (exact) mass is 363 g/mol.